The number of aryl methyl sites for hydroxylation is 2. The fourth-order valence-corrected chi connectivity index (χ4v) is 2.01. The Labute approximate surface area is 107 Å². The molecule has 0 atom stereocenters. The molecule has 0 spiro atoms. The van der Waals surface area contributed by atoms with E-state index in [9.17, 15) is 0 Å². The molecule has 2 heterocycles. The summed E-state index contributed by atoms with van der Waals surface area (Å²) in [6, 6.07) is 3.85. The van der Waals surface area contributed by atoms with E-state index in [1.165, 1.54) is 5.56 Å². The largest absolute Gasteiger partial charge is 0.330 e. The van der Waals surface area contributed by atoms with Gasteiger partial charge in [-0.3, -0.25) is 4.98 Å². The van der Waals surface area contributed by atoms with Gasteiger partial charge in [0.05, 0.1) is 0 Å². The van der Waals surface area contributed by atoms with Crippen LogP contribution in [0.25, 0.3) is 11.4 Å². The molecule has 0 aliphatic rings. The second kappa shape index (κ2) is 5.69. The SMILES string of the molecule is Cc1nc(-c2ccncc2)nc(C)c1CCCN. The summed E-state index contributed by atoms with van der Waals surface area (Å²) in [7, 11) is 0. The van der Waals surface area contributed by atoms with Crippen molar-refractivity contribution < 1.29 is 0 Å². The minimum atomic E-state index is 0.699. The van der Waals surface area contributed by atoms with Crippen molar-refractivity contribution in [2.45, 2.75) is 26.7 Å². The van der Waals surface area contributed by atoms with Crippen molar-refractivity contribution >= 4 is 0 Å². The van der Waals surface area contributed by atoms with Crippen LogP contribution in [0.2, 0.25) is 0 Å². The van der Waals surface area contributed by atoms with E-state index >= 15 is 0 Å². The fraction of sp³-hybridized carbons (Fsp3) is 0.357. The number of rotatable bonds is 4. The normalized spacial score (nSPS) is 10.6. The highest BCUT2D eigenvalue weighted by molar-refractivity contribution is 5.54. The Balaban J connectivity index is 2.36. The van der Waals surface area contributed by atoms with Crippen LogP contribution in [0, 0.1) is 13.8 Å². The van der Waals surface area contributed by atoms with Crippen LogP contribution in [-0.4, -0.2) is 21.5 Å². The highest BCUT2D eigenvalue weighted by atomic mass is 14.9. The van der Waals surface area contributed by atoms with Gasteiger partial charge in [-0.15, -0.1) is 0 Å². The lowest BCUT2D eigenvalue weighted by molar-refractivity contribution is 0.806. The summed E-state index contributed by atoms with van der Waals surface area (Å²) in [5.41, 5.74) is 9.86. The van der Waals surface area contributed by atoms with Gasteiger partial charge in [0.1, 0.15) is 0 Å². The predicted molar refractivity (Wildman–Crippen MR) is 72.1 cm³/mol. The quantitative estimate of drug-likeness (QED) is 0.891. The second-order valence-corrected chi connectivity index (χ2v) is 4.32. The Bertz CT molecular complexity index is 500. The molecule has 0 aliphatic carbocycles. The van der Waals surface area contributed by atoms with Crippen LogP contribution in [0.3, 0.4) is 0 Å². The molecule has 0 bridgehead atoms. The Hall–Kier alpha value is -1.81. The first-order valence-corrected chi connectivity index (χ1v) is 6.17. The van der Waals surface area contributed by atoms with Crippen LogP contribution in [0.1, 0.15) is 23.4 Å². The molecule has 18 heavy (non-hydrogen) atoms. The van der Waals surface area contributed by atoms with Crippen LogP contribution in [0.5, 0.6) is 0 Å². The van der Waals surface area contributed by atoms with Crippen molar-refractivity contribution in [1.29, 1.82) is 0 Å². The summed E-state index contributed by atoms with van der Waals surface area (Å²) in [6.07, 6.45) is 5.43. The van der Waals surface area contributed by atoms with Crippen molar-refractivity contribution in [3.05, 3.63) is 41.5 Å². The third kappa shape index (κ3) is 2.71. The molecule has 4 heteroatoms. The maximum absolute atomic E-state index is 5.55. The van der Waals surface area contributed by atoms with Gasteiger partial charge < -0.3 is 5.73 Å². The number of pyridine rings is 1. The van der Waals surface area contributed by atoms with Gasteiger partial charge in [0.15, 0.2) is 5.82 Å². The molecule has 2 aromatic heterocycles. The van der Waals surface area contributed by atoms with Crippen molar-refractivity contribution in [2.75, 3.05) is 6.54 Å². The minimum Gasteiger partial charge on any atom is -0.330 e. The molecule has 0 saturated heterocycles. The molecule has 0 aliphatic heterocycles. The summed E-state index contributed by atoms with van der Waals surface area (Å²) in [4.78, 5) is 13.2. The second-order valence-electron chi connectivity index (χ2n) is 4.32. The zero-order chi connectivity index (χ0) is 13.0. The molecule has 0 unspecified atom stereocenters. The van der Waals surface area contributed by atoms with Gasteiger partial charge in [-0.2, -0.15) is 0 Å². The molecule has 4 nitrogen and oxygen atoms in total. The maximum atomic E-state index is 5.55. The average molecular weight is 242 g/mol. The van der Waals surface area contributed by atoms with Crippen LogP contribution < -0.4 is 5.73 Å². The van der Waals surface area contributed by atoms with Gasteiger partial charge in [0.25, 0.3) is 0 Å². The maximum Gasteiger partial charge on any atom is 0.159 e. The van der Waals surface area contributed by atoms with Gasteiger partial charge in [0, 0.05) is 29.3 Å². The summed E-state index contributed by atoms with van der Waals surface area (Å²) in [6.45, 7) is 4.77. The van der Waals surface area contributed by atoms with E-state index in [-0.39, 0.29) is 0 Å². The molecular weight excluding hydrogens is 224 g/mol. The monoisotopic (exact) mass is 242 g/mol. The molecule has 0 saturated carbocycles. The number of nitrogens with zero attached hydrogens (tertiary/aromatic N) is 3. The molecular formula is C14H18N4. The summed E-state index contributed by atoms with van der Waals surface area (Å²) >= 11 is 0. The highest BCUT2D eigenvalue weighted by Gasteiger charge is 2.09. The molecule has 0 amide bonds. The lowest BCUT2D eigenvalue weighted by Crippen LogP contribution is -2.06. The first kappa shape index (κ1) is 12.6. The summed E-state index contributed by atoms with van der Waals surface area (Å²) < 4.78 is 0. The minimum absolute atomic E-state index is 0.699. The molecule has 0 radical (unpaired) electrons. The fourth-order valence-electron chi connectivity index (χ4n) is 2.01. The van der Waals surface area contributed by atoms with Gasteiger partial charge in [-0.25, -0.2) is 9.97 Å². The lowest BCUT2D eigenvalue weighted by Gasteiger charge is -2.10. The summed E-state index contributed by atoms with van der Waals surface area (Å²) in [5, 5.41) is 0. The molecule has 2 N–H and O–H groups in total. The lowest BCUT2D eigenvalue weighted by atomic mass is 10.1. The van der Waals surface area contributed by atoms with E-state index in [1.54, 1.807) is 12.4 Å². The number of aromatic nitrogens is 3. The van der Waals surface area contributed by atoms with E-state index in [1.807, 2.05) is 26.0 Å². The number of hydrogen-bond acceptors (Lipinski definition) is 4. The standard InChI is InChI=1S/C14H18N4/c1-10-13(4-3-7-15)11(2)18-14(17-10)12-5-8-16-9-6-12/h5-6,8-9H,3-4,7,15H2,1-2H3. The third-order valence-electron chi connectivity index (χ3n) is 2.99. The molecule has 0 aromatic carbocycles. The zero-order valence-corrected chi connectivity index (χ0v) is 10.8. The smallest absolute Gasteiger partial charge is 0.159 e. The third-order valence-corrected chi connectivity index (χ3v) is 2.99. The zero-order valence-electron chi connectivity index (χ0n) is 10.8. The first-order valence-electron chi connectivity index (χ1n) is 6.17. The van der Waals surface area contributed by atoms with E-state index in [4.69, 9.17) is 5.73 Å². The summed E-state index contributed by atoms with van der Waals surface area (Å²) in [5.74, 6) is 0.767. The highest BCUT2D eigenvalue weighted by Crippen LogP contribution is 2.18. The van der Waals surface area contributed by atoms with Gasteiger partial charge in [0.2, 0.25) is 0 Å². The molecule has 94 valence electrons. The van der Waals surface area contributed by atoms with Crippen molar-refractivity contribution in [3.63, 3.8) is 0 Å². The molecule has 0 fully saturated rings. The Morgan fingerprint density at radius 3 is 2.22 bits per heavy atom. The van der Waals surface area contributed by atoms with Crippen LogP contribution in [0.4, 0.5) is 0 Å². The van der Waals surface area contributed by atoms with Gasteiger partial charge in [-0.05, 0) is 50.9 Å². The predicted octanol–water partition coefficient (Wildman–Crippen LogP) is 2.05. The Kier molecular flexibility index (Phi) is 3.99. The number of hydrogen-bond donors (Lipinski definition) is 1. The number of nitrogens with two attached hydrogens (primary N) is 1. The van der Waals surface area contributed by atoms with Crippen molar-refractivity contribution in [3.8, 4) is 11.4 Å². The first-order chi connectivity index (χ1) is 8.72. The average Bonchev–Trinajstić information content (AvgIpc) is 2.39. The molecule has 2 aromatic rings. The Morgan fingerprint density at radius 2 is 1.67 bits per heavy atom. The van der Waals surface area contributed by atoms with Crippen LogP contribution in [0.15, 0.2) is 24.5 Å². The van der Waals surface area contributed by atoms with Gasteiger partial charge in [-0.1, -0.05) is 0 Å². The van der Waals surface area contributed by atoms with Crippen molar-refractivity contribution in [2.24, 2.45) is 5.73 Å². The van der Waals surface area contributed by atoms with E-state index < -0.39 is 0 Å². The van der Waals surface area contributed by atoms with Crippen LogP contribution >= 0.6 is 0 Å². The van der Waals surface area contributed by atoms with E-state index in [0.29, 0.717) is 6.54 Å². The van der Waals surface area contributed by atoms with E-state index in [2.05, 4.69) is 15.0 Å². The van der Waals surface area contributed by atoms with Gasteiger partial charge >= 0.3 is 0 Å². The van der Waals surface area contributed by atoms with Crippen LogP contribution in [-0.2, 0) is 6.42 Å². The van der Waals surface area contributed by atoms with Crippen molar-refractivity contribution in [1.82, 2.24) is 15.0 Å². The Morgan fingerprint density at radius 1 is 1.06 bits per heavy atom. The molecule has 2 rings (SSSR count). The van der Waals surface area contributed by atoms with E-state index in [0.717, 1.165) is 35.6 Å². The topological polar surface area (TPSA) is 64.7 Å².